The van der Waals surface area contributed by atoms with Gasteiger partial charge in [-0.3, -0.25) is 4.79 Å². The van der Waals surface area contributed by atoms with Gasteiger partial charge in [-0.05, 0) is 55.1 Å². The van der Waals surface area contributed by atoms with E-state index in [0.29, 0.717) is 16.1 Å². The minimum atomic E-state index is -1.28. The second-order valence-electron chi connectivity index (χ2n) is 8.66. The minimum Gasteiger partial charge on any atom is -0.479 e. The molecule has 194 valence electrons. The third-order valence-electron chi connectivity index (χ3n) is 6.38. The molecule has 1 saturated heterocycles. The third-order valence-corrected chi connectivity index (χ3v) is 8.06. The maximum atomic E-state index is 13.2. The average molecular weight is 544 g/mol. The molecular formula is C26H26ClN3O6S. The number of benzene rings is 2. The van der Waals surface area contributed by atoms with Gasteiger partial charge in [-0.1, -0.05) is 54.1 Å². The number of aliphatic carboxylic acids is 1. The van der Waals surface area contributed by atoms with Crippen LogP contribution in [0.5, 0.6) is 5.75 Å². The monoisotopic (exact) mass is 543 g/mol. The lowest BCUT2D eigenvalue weighted by Gasteiger charge is -2.42. The van der Waals surface area contributed by atoms with E-state index in [-0.39, 0.29) is 21.6 Å². The topological polar surface area (TPSA) is 151 Å². The Bertz CT molecular complexity index is 1310. The number of amides is 1. The summed E-state index contributed by atoms with van der Waals surface area (Å²) in [5, 5.41) is 25.3. The summed E-state index contributed by atoms with van der Waals surface area (Å²) in [4.78, 5) is 36.1. The number of carbonyl (C=O) groups is 3. The summed E-state index contributed by atoms with van der Waals surface area (Å²) in [6.07, 6.45) is 1.49. The van der Waals surface area contributed by atoms with Crippen LogP contribution in [0.2, 0.25) is 5.02 Å². The number of nitrogens with two attached hydrogens (primary N) is 1. The van der Waals surface area contributed by atoms with E-state index >= 15 is 0 Å². The summed E-state index contributed by atoms with van der Waals surface area (Å²) in [5.41, 5.74) is 6.84. The minimum absolute atomic E-state index is 0.00313. The predicted molar refractivity (Wildman–Crippen MR) is 141 cm³/mol. The fraction of sp³-hybridized carbons (Fsp3) is 0.269. The van der Waals surface area contributed by atoms with Crippen LogP contribution in [0.4, 0.5) is 5.69 Å². The number of piperidine rings is 1. The highest BCUT2D eigenvalue weighted by atomic mass is 35.5. The van der Waals surface area contributed by atoms with E-state index in [0.717, 1.165) is 42.8 Å². The molecule has 9 nitrogen and oxygen atoms in total. The largest absolute Gasteiger partial charge is 0.479 e. The van der Waals surface area contributed by atoms with Gasteiger partial charge in [-0.15, -0.1) is 11.3 Å². The molecule has 1 aliphatic rings. The predicted octanol–water partition coefficient (Wildman–Crippen LogP) is 4.02. The normalized spacial score (nSPS) is 15.5. The van der Waals surface area contributed by atoms with Crippen LogP contribution >= 0.6 is 22.9 Å². The Morgan fingerprint density at radius 2 is 1.81 bits per heavy atom. The van der Waals surface area contributed by atoms with Crippen LogP contribution in [0.25, 0.3) is 10.4 Å². The van der Waals surface area contributed by atoms with E-state index < -0.39 is 30.0 Å². The number of rotatable bonds is 10. The zero-order valence-corrected chi connectivity index (χ0v) is 21.3. The lowest BCUT2D eigenvalue weighted by atomic mass is 9.72. The van der Waals surface area contributed by atoms with Crippen molar-refractivity contribution in [3.63, 3.8) is 0 Å². The van der Waals surface area contributed by atoms with Gasteiger partial charge in [-0.2, -0.15) is 0 Å². The molecule has 11 heteroatoms. The van der Waals surface area contributed by atoms with Gasteiger partial charge in [0.1, 0.15) is 10.6 Å². The van der Waals surface area contributed by atoms with Crippen LogP contribution in [0.3, 0.4) is 0 Å². The van der Waals surface area contributed by atoms with Crippen molar-refractivity contribution in [3.05, 3.63) is 70.1 Å². The molecule has 37 heavy (non-hydrogen) atoms. The van der Waals surface area contributed by atoms with Crippen LogP contribution in [0.15, 0.2) is 54.6 Å². The number of hydrogen-bond donors (Lipinski definition) is 5. The summed E-state index contributed by atoms with van der Waals surface area (Å²) in [6, 6.07) is 16.4. The number of aromatic carboxylic acids is 1. The molecule has 1 amide bonds. The molecule has 0 spiro atoms. The summed E-state index contributed by atoms with van der Waals surface area (Å²) in [5.74, 6) is -3.30. The Morgan fingerprint density at radius 3 is 2.43 bits per heavy atom. The Hall–Kier alpha value is -3.60. The maximum absolute atomic E-state index is 13.2. The maximum Gasteiger partial charge on any atom is 0.349 e. The molecular weight excluding hydrogens is 518 g/mol. The fourth-order valence-corrected chi connectivity index (χ4v) is 6.12. The molecule has 2 aromatic carbocycles. The summed E-state index contributed by atoms with van der Waals surface area (Å²) < 4.78 is 5.19. The Labute approximate surface area is 222 Å². The summed E-state index contributed by atoms with van der Waals surface area (Å²) in [7, 11) is 0. The number of hydrogen-bond acceptors (Lipinski definition) is 7. The van der Waals surface area contributed by atoms with Gasteiger partial charge in [0.05, 0.1) is 4.88 Å². The number of carboxylic acid groups (broad SMARTS) is 2. The SMILES string of the molecule is NC(=O)C(Nc1cccc(-c2sc(C(=O)O)c(OCC(=O)O)c2Cl)c1)(c1ccccc1)C1CCNCC1. The van der Waals surface area contributed by atoms with E-state index in [4.69, 9.17) is 27.2 Å². The van der Waals surface area contributed by atoms with Crippen LogP contribution < -0.4 is 21.1 Å². The first-order valence-electron chi connectivity index (χ1n) is 11.6. The van der Waals surface area contributed by atoms with Crippen LogP contribution in [-0.2, 0) is 15.1 Å². The van der Waals surface area contributed by atoms with Crippen molar-refractivity contribution in [1.82, 2.24) is 5.32 Å². The zero-order chi connectivity index (χ0) is 26.6. The highest BCUT2D eigenvalue weighted by molar-refractivity contribution is 7.18. The molecule has 0 aliphatic carbocycles. The van der Waals surface area contributed by atoms with E-state index in [1.54, 1.807) is 24.3 Å². The molecule has 1 unspecified atom stereocenters. The number of primary amides is 1. The average Bonchev–Trinajstić information content (AvgIpc) is 3.23. The van der Waals surface area contributed by atoms with Crippen molar-refractivity contribution in [3.8, 4) is 16.2 Å². The molecule has 0 radical (unpaired) electrons. The van der Waals surface area contributed by atoms with Crippen molar-refractivity contribution in [2.45, 2.75) is 18.4 Å². The number of halogens is 1. The van der Waals surface area contributed by atoms with Gasteiger partial charge in [-0.25, -0.2) is 9.59 Å². The molecule has 0 bridgehead atoms. The van der Waals surface area contributed by atoms with Crippen molar-refractivity contribution >= 4 is 46.5 Å². The lowest BCUT2D eigenvalue weighted by Crippen LogP contribution is -2.55. The highest BCUT2D eigenvalue weighted by Gasteiger charge is 2.46. The number of anilines is 1. The van der Waals surface area contributed by atoms with Crippen molar-refractivity contribution < 1.29 is 29.3 Å². The second kappa shape index (κ2) is 11.2. The van der Waals surface area contributed by atoms with E-state index in [1.165, 1.54) is 0 Å². The summed E-state index contributed by atoms with van der Waals surface area (Å²) >= 11 is 7.35. The zero-order valence-electron chi connectivity index (χ0n) is 19.7. The lowest BCUT2D eigenvalue weighted by molar-refractivity contribution is -0.139. The van der Waals surface area contributed by atoms with Gasteiger partial charge < -0.3 is 31.3 Å². The summed E-state index contributed by atoms with van der Waals surface area (Å²) in [6.45, 7) is 0.790. The smallest absolute Gasteiger partial charge is 0.349 e. The fourth-order valence-electron chi connectivity index (χ4n) is 4.72. The van der Waals surface area contributed by atoms with E-state index in [9.17, 15) is 19.5 Å². The molecule has 4 rings (SSSR count). The molecule has 1 aromatic heterocycles. The molecule has 0 saturated carbocycles. The molecule has 3 aromatic rings. The third kappa shape index (κ3) is 5.41. The Balaban J connectivity index is 1.77. The standard InChI is InChI=1S/C26H26ClN3O6S/c27-20-21(36-14-19(31)32)23(24(33)34)37-22(20)15-5-4-8-18(13-15)30-26(25(28)35,16-6-2-1-3-7-16)17-9-11-29-12-10-17/h1-8,13,17,29-30H,9-12,14H2,(H2,28,35)(H,31,32)(H,33,34). The molecule has 1 aliphatic heterocycles. The van der Waals surface area contributed by atoms with Gasteiger partial charge in [0, 0.05) is 5.69 Å². The number of ether oxygens (including phenoxy) is 1. The number of thiophene rings is 1. The van der Waals surface area contributed by atoms with Crippen molar-refractivity contribution in [2.75, 3.05) is 25.0 Å². The highest BCUT2D eigenvalue weighted by Crippen LogP contribution is 2.46. The first-order chi connectivity index (χ1) is 17.7. The van der Waals surface area contributed by atoms with Gasteiger partial charge in [0.2, 0.25) is 5.91 Å². The van der Waals surface area contributed by atoms with Crippen molar-refractivity contribution in [2.24, 2.45) is 11.7 Å². The van der Waals surface area contributed by atoms with Gasteiger partial charge in [0.15, 0.2) is 17.2 Å². The Kier molecular flexibility index (Phi) is 8.01. The van der Waals surface area contributed by atoms with Crippen LogP contribution in [-0.4, -0.2) is 47.8 Å². The van der Waals surface area contributed by atoms with E-state index in [1.807, 2.05) is 30.3 Å². The molecule has 1 atom stereocenters. The molecule has 6 N–H and O–H groups in total. The van der Waals surface area contributed by atoms with E-state index in [2.05, 4.69) is 10.6 Å². The van der Waals surface area contributed by atoms with Gasteiger partial charge in [0.25, 0.3) is 0 Å². The van der Waals surface area contributed by atoms with Gasteiger partial charge >= 0.3 is 11.9 Å². The van der Waals surface area contributed by atoms with Crippen LogP contribution in [0.1, 0.15) is 28.1 Å². The Morgan fingerprint density at radius 1 is 1.11 bits per heavy atom. The van der Waals surface area contributed by atoms with Crippen LogP contribution in [0, 0.1) is 5.92 Å². The number of carbonyl (C=O) groups excluding carboxylic acids is 1. The number of nitrogens with one attached hydrogen (secondary N) is 2. The molecule has 1 fully saturated rings. The first-order valence-corrected chi connectivity index (χ1v) is 12.8. The molecule has 2 heterocycles. The first kappa shape index (κ1) is 26.5. The quantitative estimate of drug-likeness (QED) is 0.257. The van der Waals surface area contributed by atoms with Crippen molar-refractivity contribution in [1.29, 1.82) is 0 Å². The number of carboxylic acids is 2. The second-order valence-corrected chi connectivity index (χ2v) is 10.1.